The lowest BCUT2D eigenvalue weighted by molar-refractivity contribution is -0.138. The number of carbonyl (C=O) groups excluding carboxylic acids is 2. The molecule has 0 aliphatic heterocycles. The van der Waals surface area contributed by atoms with Crippen molar-refractivity contribution in [2.24, 2.45) is 5.41 Å². The van der Waals surface area contributed by atoms with Crippen LogP contribution in [0, 0.1) is 5.41 Å². The monoisotopic (exact) mass is 278 g/mol. The molecule has 4 heteroatoms. The van der Waals surface area contributed by atoms with Gasteiger partial charge in [-0.3, -0.25) is 14.4 Å². The van der Waals surface area contributed by atoms with E-state index in [2.05, 4.69) is 0 Å². The Bertz CT molecular complexity index is 507. The van der Waals surface area contributed by atoms with Crippen LogP contribution in [0.3, 0.4) is 0 Å². The smallest absolute Gasteiger partial charge is 0.304 e. The molecule has 4 nitrogen and oxygen atoms in total. The lowest BCUT2D eigenvalue weighted by Gasteiger charge is -2.29. The van der Waals surface area contributed by atoms with Crippen LogP contribution in [-0.2, 0) is 14.4 Å². The number of Topliss-reactive ketones (excluding diaryl/α,β-unsaturated/α-hetero) is 1. The van der Waals surface area contributed by atoms with E-state index in [0.717, 1.165) is 12.8 Å². The molecule has 20 heavy (non-hydrogen) atoms. The van der Waals surface area contributed by atoms with Crippen molar-refractivity contribution in [3.8, 4) is 0 Å². The van der Waals surface area contributed by atoms with Gasteiger partial charge in [-0.1, -0.05) is 27.2 Å². The minimum absolute atomic E-state index is 0.119. The molecule has 0 fully saturated rings. The standard InChI is InChI=1S/C16H22O4/c1-5-6-7-11-8-12(17)14(10(2)15(11)20)16(3,4)9-13(18)19/h8H,5-7,9H2,1-4H3,(H,18,19). The number of carbonyl (C=O) groups is 3. The minimum Gasteiger partial charge on any atom is -0.481 e. The normalized spacial score (nSPS) is 16.5. The Hall–Kier alpha value is -1.71. The van der Waals surface area contributed by atoms with Crippen LogP contribution in [0.15, 0.2) is 22.8 Å². The van der Waals surface area contributed by atoms with Crippen molar-refractivity contribution in [1.82, 2.24) is 0 Å². The highest BCUT2D eigenvalue weighted by Crippen LogP contribution is 2.37. The van der Waals surface area contributed by atoms with Crippen LogP contribution in [0.1, 0.15) is 53.4 Å². The summed E-state index contributed by atoms with van der Waals surface area (Å²) in [6.07, 6.45) is 3.65. The number of ketones is 2. The van der Waals surface area contributed by atoms with Gasteiger partial charge in [-0.2, -0.15) is 0 Å². The van der Waals surface area contributed by atoms with Crippen molar-refractivity contribution in [1.29, 1.82) is 0 Å². The molecule has 0 aromatic heterocycles. The minimum atomic E-state index is -0.976. The average Bonchev–Trinajstić information content (AvgIpc) is 2.30. The summed E-state index contributed by atoms with van der Waals surface area (Å²) >= 11 is 0. The number of hydrogen-bond donors (Lipinski definition) is 1. The maximum Gasteiger partial charge on any atom is 0.304 e. The number of rotatable bonds is 6. The zero-order valence-electron chi connectivity index (χ0n) is 12.6. The number of hydrogen-bond acceptors (Lipinski definition) is 3. The quantitative estimate of drug-likeness (QED) is 0.758. The van der Waals surface area contributed by atoms with E-state index in [1.165, 1.54) is 6.08 Å². The molecule has 0 aromatic rings. The summed E-state index contributed by atoms with van der Waals surface area (Å²) in [5, 5.41) is 8.95. The Morgan fingerprint density at radius 3 is 2.40 bits per heavy atom. The van der Waals surface area contributed by atoms with E-state index in [9.17, 15) is 14.4 Å². The van der Waals surface area contributed by atoms with E-state index in [4.69, 9.17) is 5.11 Å². The van der Waals surface area contributed by atoms with Crippen LogP contribution in [0.25, 0.3) is 0 Å². The first-order valence-corrected chi connectivity index (χ1v) is 6.93. The van der Waals surface area contributed by atoms with Gasteiger partial charge in [-0.25, -0.2) is 0 Å². The van der Waals surface area contributed by atoms with Crippen molar-refractivity contribution in [3.63, 3.8) is 0 Å². The summed E-state index contributed by atoms with van der Waals surface area (Å²) in [5.74, 6) is -1.32. The first kappa shape index (κ1) is 16.3. The largest absolute Gasteiger partial charge is 0.481 e. The molecule has 0 radical (unpaired) electrons. The fourth-order valence-corrected chi connectivity index (χ4v) is 2.70. The van der Waals surface area contributed by atoms with Crippen LogP contribution < -0.4 is 0 Å². The van der Waals surface area contributed by atoms with E-state index < -0.39 is 11.4 Å². The Balaban J connectivity index is 3.12. The van der Waals surface area contributed by atoms with Crippen LogP contribution in [-0.4, -0.2) is 22.6 Å². The van der Waals surface area contributed by atoms with Crippen LogP contribution in [0.5, 0.6) is 0 Å². The van der Waals surface area contributed by atoms with Crippen LogP contribution in [0.4, 0.5) is 0 Å². The molecule has 1 aliphatic rings. The van der Waals surface area contributed by atoms with Crippen molar-refractivity contribution in [2.45, 2.75) is 53.4 Å². The van der Waals surface area contributed by atoms with E-state index in [0.29, 0.717) is 23.1 Å². The van der Waals surface area contributed by atoms with Gasteiger partial charge >= 0.3 is 5.97 Å². The first-order valence-electron chi connectivity index (χ1n) is 6.93. The Morgan fingerprint density at radius 1 is 1.30 bits per heavy atom. The molecule has 0 aromatic carbocycles. The van der Waals surface area contributed by atoms with Gasteiger partial charge in [0.1, 0.15) is 0 Å². The summed E-state index contributed by atoms with van der Waals surface area (Å²) in [4.78, 5) is 35.5. The van der Waals surface area contributed by atoms with Crippen molar-refractivity contribution < 1.29 is 19.5 Å². The van der Waals surface area contributed by atoms with Gasteiger partial charge < -0.3 is 5.11 Å². The van der Waals surface area contributed by atoms with Crippen molar-refractivity contribution in [2.75, 3.05) is 0 Å². The molecule has 1 aliphatic carbocycles. The maximum absolute atomic E-state index is 12.3. The highest BCUT2D eigenvalue weighted by molar-refractivity contribution is 6.23. The lowest BCUT2D eigenvalue weighted by atomic mass is 9.73. The average molecular weight is 278 g/mol. The van der Waals surface area contributed by atoms with Gasteiger partial charge in [0.25, 0.3) is 0 Å². The van der Waals surface area contributed by atoms with E-state index in [1.807, 2.05) is 6.92 Å². The summed E-state index contributed by atoms with van der Waals surface area (Å²) in [7, 11) is 0. The molecule has 0 spiro atoms. The topological polar surface area (TPSA) is 71.4 Å². The Kier molecular flexibility index (Phi) is 5.03. The van der Waals surface area contributed by atoms with E-state index >= 15 is 0 Å². The fraction of sp³-hybridized carbons (Fsp3) is 0.562. The molecule has 0 unspecified atom stereocenters. The highest BCUT2D eigenvalue weighted by atomic mass is 16.4. The Labute approximate surface area is 119 Å². The third-order valence-electron chi connectivity index (χ3n) is 3.63. The summed E-state index contributed by atoms with van der Waals surface area (Å²) in [5.41, 5.74) is 0.444. The molecule has 0 saturated heterocycles. The second-order valence-electron chi connectivity index (χ2n) is 5.92. The van der Waals surface area contributed by atoms with Crippen LogP contribution >= 0.6 is 0 Å². The number of allylic oxidation sites excluding steroid dienone is 4. The molecule has 0 atom stereocenters. The molecule has 0 heterocycles. The Morgan fingerprint density at radius 2 is 1.90 bits per heavy atom. The number of carboxylic acids is 1. The van der Waals surface area contributed by atoms with Crippen LogP contribution in [0.2, 0.25) is 0 Å². The molecule has 0 saturated carbocycles. The highest BCUT2D eigenvalue weighted by Gasteiger charge is 2.36. The summed E-state index contributed by atoms with van der Waals surface area (Å²) in [6, 6.07) is 0. The number of carboxylic acid groups (broad SMARTS) is 1. The second kappa shape index (κ2) is 6.16. The predicted octanol–water partition coefficient (Wildman–Crippen LogP) is 3.07. The summed E-state index contributed by atoms with van der Waals surface area (Å²) < 4.78 is 0. The van der Waals surface area contributed by atoms with Gasteiger partial charge in [-0.05, 0) is 25.8 Å². The maximum atomic E-state index is 12.3. The molecular weight excluding hydrogens is 256 g/mol. The van der Waals surface area contributed by atoms with Gasteiger partial charge in [0.05, 0.1) is 6.42 Å². The van der Waals surface area contributed by atoms with Crippen molar-refractivity contribution >= 4 is 17.5 Å². The van der Waals surface area contributed by atoms with Gasteiger partial charge in [0.2, 0.25) is 0 Å². The zero-order chi connectivity index (χ0) is 15.5. The molecule has 1 rings (SSSR count). The van der Waals surface area contributed by atoms with Gasteiger partial charge in [0.15, 0.2) is 11.6 Å². The molecular formula is C16H22O4. The summed E-state index contributed by atoms with van der Waals surface area (Å²) in [6.45, 7) is 7.03. The SMILES string of the molecule is CCCCC1=CC(=O)C(C(C)(C)CC(=O)O)=C(C)C1=O. The van der Waals surface area contributed by atoms with Crippen molar-refractivity contribution in [3.05, 3.63) is 22.8 Å². The first-order chi connectivity index (χ1) is 9.20. The lowest BCUT2D eigenvalue weighted by Crippen LogP contribution is -2.30. The van der Waals surface area contributed by atoms with E-state index in [-0.39, 0.29) is 18.0 Å². The van der Waals surface area contributed by atoms with E-state index in [1.54, 1.807) is 20.8 Å². The van der Waals surface area contributed by atoms with Gasteiger partial charge in [-0.15, -0.1) is 0 Å². The molecule has 0 amide bonds. The molecule has 0 bridgehead atoms. The zero-order valence-corrected chi connectivity index (χ0v) is 12.6. The number of aliphatic carboxylic acids is 1. The second-order valence-corrected chi connectivity index (χ2v) is 5.92. The molecule has 1 N–H and O–H groups in total. The third-order valence-corrected chi connectivity index (χ3v) is 3.63. The third kappa shape index (κ3) is 3.44. The fourth-order valence-electron chi connectivity index (χ4n) is 2.70. The molecule has 110 valence electrons. The predicted molar refractivity (Wildman–Crippen MR) is 76.4 cm³/mol. The number of unbranched alkanes of at least 4 members (excludes halogenated alkanes) is 1. The van der Waals surface area contributed by atoms with Gasteiger partial charge in [0, 0.05) is 22.1 Å².